The Kier molecular flexibility index (Phi) is 3.92. The van der Waals surface area contributed by atoms with Crippen LogP contribution in [0.5, 0.6) is 0 Å². The first-order chi connectivity index (χ1) is 12.8. The number of pyridine rings is 1. The number of rotatable bonds is 4. The van der Waals surface area contributed by atoms with Crippen LogP contribution in [-0.2, 0) is 0 Å². The van der Waals surface area contributed by atoms with E-state index in [1.54, 1.807) is 6.20 Å². The molecular weight excluding hydrogens is 366 g/mol. The molecule has 1 aromatic carbocycles. The number of nitrogens with zero attached hydrogens (tertiary/aromatic N) is 5. The van der Waals surface area contributed by atoms with Gasteiger partial charge in [-0.15, -0.1) is 34.6 Å². The summed E-state index contributed by atoms with van der Waals surface area (Å²) in [5.41, 5.74) is 3.83. The molecule has 9 heteroatoms. The SMILES string of the molecule is Sc1c(SC2CNC2)ccc(-c2cccc3ccnn23)c1-c1nn[nH]n1. The quantitative estimate of drug-likeness (QED) is 0.471. The maximum atomic E-state index is 4.84. The van der Waals surface area contributed by atoms with E-state index in [0.29, 0.717) is 11.1 Å². The Labute approximate surface area is 159 Å². The van der Waals surface area contributed by atoms with Gasteiger partial charge in [-0.3, -0.25) is 0 Å². The molecule has 5 rings (SSSR count). The Morgan fingerprint density at radius 2 is 2.08 bits per heavy atom. The van der Waals surface area contributed by atoms with Crippen molar-refractivity contribution in [2.75, 3.05) is 13.1 Å². The minimum Gasteiger partial charge on any atom is -0.314 e. The third kappa shape index (κ3) is 2.59. The van der Waals surface area contributed by atoms with Crippen LogP contribution in [0.15, 0.2) is 52.4 Å². The van der Waals surface area contributed by atoms with Crippen molar-refractivity contribution in [1.29, 1.82) is 0 Å². The highest BCUT2D eigenvalue weighted by Gasteiger charge is 2.23. The molecule has 0 atom stereocenters. The van der Waals surface area contributed by atoms with E-state index in [1.165, 1.54) is 0 Å². The first kappa shape index (κ1) is 15.9. The van der Waals surface area contributed by atoms with E-state index in [9.17, 15) is 0 Å². The van der Waals surface area contributed by atoms with Crippen LogP contribution in [0.2, 0.25) is 0 Å². The highest BCUT2D eigenvalue weighted by molar-refractivity contribution is 8.00. The summed E-state index contributed by atoms with van der Waals surface area (Å²) in [4.78, 5) is 1.99. The first-order valence-corrected chi connectivity index (χ1v) is 9.54. The second-order valence-corrected chi connectivity index (χ2v) is 7.84. The number of aromatic amines is 1. The molecule has 2 N–H and O–H groups in total. The minimum absolute atomic E-state index is 0.531. The van der Waals surface area contributed by atoms with Gasteiger partial charge in [0.1, 0.15) is 0 Å². The second-order valence-electron chi connectivity index (χ2n) is 6.05. The van der Waals surface area contributed by atoms with Gasteiger partial charge in [0.2, 0.25) is 5.82 Å². The predicted molar refractivity (Wildman–Crippen MR) is 104 cm³/mol. The predicted octanol–water partition coefficient (Wildman–Crippen LogP) is 2.53. The van der Waals surface area contributed by atoms with Crippen molar-refractivity contribution in [3.05, 3.63) is 42.6 Å². The number of thiol groups is 1. The van der Waals surface area contributed by atoms with Crippen LogP contribution in [0.25, 0.3) is 28.2 Å². The number of aromatic nitrogens is 6. The summed E-state index contributed by atoms with van der Waals surface area (Å²) in [6.07, 6.45) is 1.79. The first-order valence-electron chi connectivity index (χ1n) is 8.21. The fourth-order valence-electron chi connectivity index (χ4n) is 3.05. The second kappa shape index (κ2) is 6.42. The van der Waals surface area contributed by atoms with E-state index < -0.39 is 0 Å². The van der Waals surface area contributed by atoms with Crippen molar-refractivity contribution in [2.24, 2.45) is 0 Å². The van der Waals surface area contributed by atoms with Gasteiger partial charge in [0.25, 0.3) is 0 Å². The number of benzene rings is 1. The molecule has 0 bridgehead atoms. The Morgan fingerprint density at radius 1 is 1.15 bits per heavy atom. The molecule has 0 aliphatic carbocycles. The van der Waals surface area contributed by atoms with Crippen molar-refractivity contribution in [2.45, 2.75) is 15.0 Å². The van der Waals surface area contributed by atoms with E-state index in [-0.39, 0.29) is 0 Å². The number of hydrogen-bond acceptors (Lipinski definition) is 7. The van der Waals surface area contributed by atoms with Gasteiger partial charge in [0.05, 0.1) is 17.4 Å². The summed E-state index contributed by atoms with van der Waals surface area (Å²) < 4.78 is 1.91. The maximum absolute atomic E-state index is 4.84. The molecule has 4 aromatic rings. The summed E-state index contributed by atoms with van der Waals surface area (Å²) >= 11 is 6.67. The van der Waals surface area contributed by atoms with Crippen molar-refractivity contribution in [1.82, 2.24) is 35.6 Å². The van der Waals surface area contributed by atoms with Crippen molar-refractivity contribution in [3.63, 3.8) is 0 Å². The van der Waals surface area contributed by atoms with Crippen LogP contribution in [0.3, 0.4) is 0 Å². The molecule has 130 valence electrons. The fourth-order valence-corrected chi connectivity index (χ4v) is 4.63. The van der Waals surface area contributed by atoms with Gasteiger partial charge in [-0.1, -0.05) is 12.1 Å². The van der Waals surface area contributed by atoms with Crippen molar-refractivity contribution < 1.29 is 0 Å². The van der Waals surface area contributed by atoms with Gasteiger partial charge in [-0.05, 0) is 29.5 Å². The Morgan fingerprint density at radius 3 is 2.85 bits per heavy atom. The van der Waals surface area contributed by atoms with Gasteiger partial charge in [0.15, 0.2) is 0 Å². The van der Waals surface area contributed by atoms with Gasteiger partial charge < -0.3 is 5.32 Å². The summed E-state index contributed by atoms with van der Waals surface area (Å²) in [6.45, 7) is 2.04. The highest BCUT2D eigenvalue weighted by atomic mass is 32.2. The Hall–Kier alpha value is -2.36. The van der Waals surface area contributed by atoms with Gasteiger partial charge in [0, 0.05) is 39.3 Å². The maximum Gasteiger partial charge on any atom is 0.206 e. The van der Waals surface area contributed by atoms with E-state index in [0.717, 1.165) is 45.2 Å². The zero-order chi connectivity index (χ0) is 17.5. The molecule has 0 radical (unpaired) electrons. The van der Waals surface area contributed by atoms with E-state index >= 15 is 0 Å². The fraction of sp³-hybridized carbons (Fsp3) is 0.176. The normalized spacial score (nSPS) is 14.7. The lowest BCUT2D eigenvalue weighted by molar-refractivity contribution is 0.543. The van der Waals surface area contributed by atoms with E-state index in [2.05, 4.69) is 43.2 Å². The van der Waals surface area contributed by atoms with E-state index in [1.807, 2.05) is 40.5 Å². The smallest absolute Gasteiger partial charge is 0.206 e. The molecule has 0 amide bonds. The number of nitrogens with one attached hydrogen (secondary N) is 2. The van der Waals surface area contributed by atoms with Crippen molar-refractivity contribution >= 4 is 29.9 Å². The van der Waals surface area contributed by atoms with Crippen LogP contribution in [0.4, 0.5) is 0 Å². The Balaban J connectivity index is 1.72. The molecule has 1 fully saturated rings. The highest BCUT2D eigenvalue weighted by Crippen LogP contribution is 2.41. The molecule has 0 unspecified atom stereocenters. The average Bonchev–Trinajstić information content (AvgIpc) is 3.30. The minimum atomic E-state index is 0.531. The summed E-state index contributed by atoms with van der Waals surface area (Å²) in [5.74, 6) is 0.531. The third-order valence-corrected chi connectivity index (χ3v) is 6.32. The van der Waals surface area contributed by atoms with Gasteiger partial charge in [-0.2, -0.15) is 10.3 Å². The molecule has 3 aromatic heterocycles. The monoisotopic (exact) mass is 381 g/mol. The van der Waals surface area contributed by atoms with Crippen LogP contribution in [0.1, 0.15) is 0 Å². The Bertz CT molecular complexity index is 1070. The molecule has 7 nitrogen and oxygen atoms in total. The number of thioether (sulfide) groups is 1. The van der Waals surface area contributed by atoms with Crippen LogP contribution in [0, 0.1) is 0 Å². The standard InChI is InChI=1S/C17H15N7S2/c25-16-14(26-11-8-18-9-11)5-4-12(15(16)17-20-22-23-21-17)13-3-1-2-10-6-7-19-24(10)13/h1-7,11,18,25H,8-9H2,(H,20,21,22,23). The lowest BCUT2D eigenvalue weighted by Gasteiger charge is -2.27. The van der Waals surface area contributed by atoms with Gasteiger partial charge in [-0.25, -0.2) is 4.52 Å². The molecule has 0 saturated carbocycles. The number of fused-ring (bicyclic) bond motifs is 1. The van der Waals surface area contributed by atoms with E-state index in [4.69, 9.17) is 12.6 Å². The van der Waals surface area contributed by atoms with Crippen molar-refractivity contribution in [3.8, 4) is 22.6 Å². The summed E-state index contributed by atoms with van der Waals surface area (Å²) in [7, 11) is 0. The zero-order valence-electron chi connectivity index (χ0n) is 13.6. The number of H-pyrrole nitrogens is 1. The lowest BCUT2D eigenvalue weighted by atomic mass is 10.0. The van der Waals surface area contributed by atoms with Crippen LogP contribution < -0.4 is 5.32 Å². The third-order valence-electron chi connectivity index (χ3n) is 4.44. The van der Waals surface area contributed by atoms with Gasteiger partial charge >= 0.3 is 0 Å². The molecule has 1 aliphatic rings. The molecule has 0 spiro atoms. The molecule has 26 heavy (non-hydrogen) atoms. The van der Waals surface area contributed by atoms with Crippen LogP contribution >= 0.6 is 24.4 Å². The average molecular weight is 381 g/mol. The molecule has 1 saturated heterocycles. The lowest BCUT2D eigenvalue weighted by Crippen LogP contribution is -2.44. The topological polar surface area (TPSA) is 83.8 Å². The molecular formula is C17H15N7S2. The van der Waals surface area contributed by atoms with Crippen LogP contribution in [-0.4, -0.2) is 48.6 Å². The summed E-state index contributed by atoms with van der Waals surface area (Å²) in [6, 6.07) is 12.3. The zero-order valence-corrected chi connectivity index (χ0v) is 15.3. The molecule has 4 heterocycles. The molecule has 1 aliphatic heterocycles. The number of tetrazole rings is 1. The largest absolute Gasteiger partial charge is 0.314 e. The summed E-state index contributed by atoms with van der Waals surface area (Å²) in [5, 5.41) is 23.0. The number of hydrogen-bond donors (Lipinski definition) is 3.